The van der Waals surface area contributed by atoms with Crippen LogP contribution in [-0.4, -0.2) is 29.9 Å². The number of aryl methyl sites for hydroxylation is 1. The molecule has 146 valence electrons. The second-order valence-electron chi connectivity index (χ2n) is 6.01. The molecular formula is C20H21N3O4S. The summed E-state index contributed by atoms with van der Waals surface area (Å²) in [5.41, 5.74) is 1.16. The third kappa shape index (κ3) is 4.98. The van der Waals surface area contributed by atoms with Gasteiger partial charge in [-0.3, -0.25) is 9.59 Å². The summed E-state index contributed by atoms with van der Waals surface area (Å²) in [7, 11) is 3.10. The first kappa shape index (κ1) is 19.6. The number of carbonyl (C=O) groups excluding carboxylic acids is 1. The first-order valence-corrected chi connectivity index (χ1v) is 9.62. The van der Waals surface area contributed by atoms with Gasteiger partial charge in [-0.1, -0.05) is 6.07 Å². The van der Waals surface area contributed by atoms with Gasteiger partial charge < -0.3 is 14.8 Å². The van der Waals surface area contributed by atoms with Gasteiger partial charge in [0.15, 0.2) is 0 Å². The van der Waals surface area contributed by atoms with E-state index in [1.807, 2.05) is 17.5 Å². The van der Waals surface area contributed by atoms with E-state index in [1.165, 1.54) is 10.7 Å². The molecule has 0 fully saturated rings. The van der Waals surface area contributed by atoms with Gasteiger partial charge in [0.1, 0.15) is 17.2 Å². The van der Waals surface area contributed by atoms with Gasteiger partial charge in [0.2, 0.25) is 5.91 Å². The lowest BCUT2D eigenvalue weighted by Gasteiger charge is -2.10. The van der Waals surface area contributed by atoms with Crippen LogP contribution in [0.15, 0.2) is 52.6 Å². The summed E-state index contributed by atoms with van der Waals surface area (Å²) >= 11 is 1.56. The van der Waals surface area contributed by atoms with Crippen LogP contribution in [0.5, 0.6) is 11.5 Å². The van der Waals surface area contributed by atoms with Crippen LogP contribution in [-0.2, 0) is 11.3 Å². The van der Waals surface area contributed by atoms with Crippen molar-refractivity contribution < 1.29 is 14.3 Å². The summed E-state index contributed by atoms with van der Waals surface area (Å²) < 4.78 is 11.8. The third-order valence-corrected chi connectivity index (χ3v) is 4.94. The fraction of sp³-hybridized carbons (Fsp3) is 0.250. The molecule has 0 unspecified atom stereocenters. The Balaban J connectivity index is 1.59. The van der Waals surface area contributed by atoms with Crippen molar-refractivity contribution in [3.05, 3.63) is 58.2 Å². The fourth-order valence-corrected chi connectivity index (χ4v) is 3.35. The van der Waals surface area contributed by atoms with Gasteiger partial charge in [0.05, 0.1) is 19.1 Å². The van der Waals surface area contributed by atoms with E-state index < -0.39 is 0 Å². The Morgan fingerprint density at radius 2 is 1.89 bits per heavy atom. The largest absolute Gasteiger partial charge is 0.497 e. The molecule has 0 aliphatic carbocycles. The van der Waals surface area contributed by atoms with Crippen molar-refractivity contribution in [2.45, 2.75) is 19.4 Å². The number of nitrogens with zero attached hydrogens (tertiary/aromatic N) is 2. The Hall–Kier alpha value is -3.13. The number of nitrogens with one attached hydrogen (secondary N) is 1. The van der Waals surface area contributed by atoms with Gasteiger partial charge in [-0.15, -0.1) is 11.3 Å². The van der Waals surface area contributed by atoms with Crippen molar-refractivity contribution in [1.29, 1.82) is 0 Å². The minimum Gasteiger partial charge on any atom is -0.497 e. The molecule has 1 aromatic carbocycles. The summed E-state index contributed by atoms with van der Waals surface area (Å²) in [5.74, 6) is 1.03. The Morgan fingerprint density at radius 1 is 1.14 bits per heavy atom. The number of methoxy groups -OCH3 is 2. The topological polar surface area (TPSA) is 82.5 Å². The highest BCUT2D eigenvalue weighted by atomic mass is 32.1. The summed E-state index contributed by atoms with van der Waals surface area (Å²) in [5, 5.41) is 9.17. The number of rotatable bonds is 8. The molecule has 3 rings (SSSR count). The molecule has 0 saturated carbocycles. The molecule has 3 aromatic rings. The molecule has 2 heterocycles. The molecule has 0 radical (unpaired) electrons. The van der Waals surface area contributed by atoms with Gasteiger partial charge in [0.25, 0.3) is 5.56 Å². The first-order valence-electron chi connectivity index (χ1n) is 8.74. The predicted octanol–water partition coefficient (Wildman–Crippen LogP) is 3.41. The number of hydrogen-bond donors (Lipinski definition) is 1. The van der Waals surface area contributed by atoms with Crippen LogP contribution in [0.3, 0.4) is 0 Å². The van der Waals surface area contributed by atoms with Crippen molar-refractivity contribution in [3.8, 4) is 22.1 Å². The molecule has 2 aromatic heterocycles. The zero-order valence-corrected chi connectivity index (χ0v) is 16.5. The van der Waals surface area contributed by atoms with Gasteiger partial charge in [0, 0.05) is 42.9 Å². The molecule has 0 bridgehead atoms. The van der Waals surface area contributed by atoms with E-state index in [2.05, 4.69) is 10.4 Å². The lowest BCUT2D eigenvalue weighted by Crippen LogP contribution is -2.23. The van der Waals surface area contributed by atoms with E-state index >= 15 is 0 Å². The molecule has 0 aliphatic rings. The van der Waals surface area contributed by atoms with Crippen LogP contribution in [0.4, 0.5) is 5.69 Å². The van der Waals surface area contributed by atoms with E-state index in [4.69, 9.17) is 9.47 Å². The zero-order valence-electron chi connectivity index (χ0n) is 15.7. The fourth-order valence-electron chi connectivity index (χ4n) is 2.66. The lowest BCUT2D eigenvalue weighted by molar-refractivity contribution is -0.116. The molecule has 1 amide bonds. The highest BCUT2D eigenvalue weighted by molar-refractivity contribution is 7.13. The highest BCUT2D eigenvalue weighted by Crippen LogP contribution is 2.26. The number of carbonyl (C=O) groups is 1. The van der Waals surface area contributed by atoms with Crippen LogP contribution in [0.1, 0.15) is 12.8 Å². The van der Waals surface area contributed by atoms with Crippen LogP contribution in [0, 0.1) is 0 Å². The van der Waals surface area contributed by atoms with Gasteiger partial charge in [-0.25, -0.2) is 4.68 Å². The molecule has 0 saturated heterocycles. The highest BCUT2D eigenvalue weighted by Gasteiger charge is 2.08. The maximum Gasteiger partial charge on any atom is 0.266 e. The van der Waals surface area contributed by atoms with Crippen LogP contribution >= 0.6 is 11.3 Å². The van der Waals surface area contributed by atoms with Crippen LogP contribution < -0.4 is 20.3 Å². The quantitative estimate of drug-likeness (QED) is 0.628. The number of benzene rings is 1. The number of anilines is 1. The van der Waals surface area contributed by atoms with Crippen molar-refractivity contribution in [2.75, 3.05) is 19.5 Å². The molecular weight excluding hydrogens is 378 g/mol. The number of ether oxygens (including phenoxy) is 2. The molecule has 7 nitrogen and oxygen atoms in total. The van der Waals surface area contributed by atoms with Crippen molar-refractivity contribution in [2.24, 2.45) is 0 Å². The predicted molar refractivity (Wildman–Crippen MR) is 109 cm³/mol. The van der Waals surface area contributed by atoms with Gasteiger partial charge in [-0.05, 0) is 23.9 Å². The molecule has 0 atom stereocenters. The second-order valence-corrected chi connectivity index (χ2v) is 6.96. The smallest absolute Gasteiger partial charge is 0.266 e. The van der Waals surface area contributed by atoms with E-state index in [-0.39, 0.29) is 17.9 Å². The molecule has 8 heteroatoms. The normalized spacial score (nSPS) is 10.5. The Morgan fingerprint density at radius 3 is 2.54 bits per heavy atom. The summed E-state index contributed by atoms with van der Waals surface area (Å²) in [6, 6.07) is 12.3. The van der Waals surface area contributed by atoms with E-state index in [9.17, 15) is 9.59 Å². The van der Waals surface area contributed by atoms with Crippen molar-refractivity contribution >= 4 is 22.9 Å². The van der Waals surface area contributed by atoms with E-state index in [0.29, 0.717) is 30.2 Å². The SMILES string of the molecule is COc1cc(NC(=O)CCCn2nc(-c3cccs3)ccc2=O)cc(OC)c1. The van der Waals surface area contributed by atoms with E-state index in [0.717, 1.165) is 10.6 Å². The van der Waals surface area contributed by atoms with Crippen molar-refractivity contribution in [3.63, 3.8) is 0 Å². The number of thiophene rings is 1. The van der Waals surface area contributed by atoms with E-state index in [1.54, 1.807) is 49.8 Å². The Labute approximate surface area is 166 Å². The average molecular weight is 399 g/mol. The second kappa shape index (κ2) is 9.18. The maximum absolute atomic E-state index is 12.2. The van der Waals surface area contributed by atoms with Crippen molar-refractivity contribution in [1.82, 2.24) is 9.78 Å². The first-order chi connectivity index (χ1) is 13.6. The molecule has 0 aliphatic heterocycles. The Bertz CT molecular complexity index is 977. The number of hydrogen-bond acceptors (Lipinski definition) is 6. The monoisotopic (exact) mass is 399 g/mol. The zero-order chi connectivity index (χ0) is 19.9. The van der Waals surface area contributed by atoms with Crippen LogP contribution in [0.2, 0.25) is 0 Å². The minimum atomic E-state index is -0.182. The standard InChI is InChI=1S/C20H21N3O4S/c1-26-15-11-14(12-16(13-15)27-2)21-19(24)6-3-9-23-20(25)8-7-17(22-23)18-5-4-10-28-18/h4-5,7-8,10-13H,3,6,9H2,1-2H3,(H,21,24). The Kier molecular flexibility index (Phi) is 6.44. The molecule has 0 spiro atoms. The third-order valence-electron chi connectivity index (χ3n) is 4.05. The van der Waals surface area contributed by atoms with Gasteiger partial charge >= 0.3 is 0 Å². The minimum absolute atomic E-state index is 0.155. The lowest BCUT2D eigenvalue weighted by atomic mass is 10.2. The summed E-state index contributed by atoms with van der Waals surface area (Å²) in [6.07, 6.45) is 0.755. The van der Waals surface area contributed by atoms with Gasteiger partial charge in [-0.2, -0.15) is 5.10 Å². The summed E-state index contributed by atoms with van der Waals surface area (Å²) in [4.78, 5) is 25.3. The molecule has 28 heavy (non-hydrogen) atoms. The summed E-state index contributed by atoms with van der Waals surface area (Å²) in [6.45, 7) is 0.368. The maximum atomic E-state index is 12.2. The number of aromatic nitrogens is 2. The van der Waals surface area contributed by atoms with Crippen LogP contribution in [0.25, 0.3) is 10.6 Å². The number of amides is 1. The average Bonchev–Trinajstić information content (AvgIpc) is 3.23. The molecule has 1 N–H and O–H groups in total.